The molecule has 0 radical (unpaired) electrons. The van der Waals surface area contributed by atoms with Gasteiger partial charge in [0, 0.05) is 12.0 Å². The quantitative estimate of drug-likeness (QED) is 0.646. The van der Waals surface area contributed by atoms with E-state index in [1.165, 1.54) is 6.39 Å². The third-order valence-electron chi connectivity index (χ3n) is 4.79. The molecule has 27 heavy (non-hydrogen) atoms. The zero-order chi connectivity index (χ0) is 18.8. The molecule has 0 saturated carbocycles. The van der Waals surface area contributed by atoms with Crippen LogP contribution in [0, 0.1) is 0 Å². The second-order valence-corrected chi connectivity index (χ2v) is 6.60. The Bertz CT molecular complexity index is 882. The van der Waals surface area contributed by atoms with Crippen LogP contribution >= 0.6 is 0 Å². The Hall–Kier alpha value is -2.58. The van der Waals surface area contributed by atoms with Crippen LogP contribution in [0.1, 0.15) is 18.1 Å². The van der Waals surface area contributed by atoms with Crippen LogP contribution in [0.2, 0.25) is 0 Å². The molecule has 7 nitrogen and oxygen atoms in total. The van der Waals surface area contributed by atoms with E-state index in [1.807, 2.05) is 48.5 Å². The van der Waals surface area contributed by atoms with Crippen molar-refractivity contribution in [2.24, 2.45) is 0 Å². The molecule has 0 aliphatic carbocycles. The molecule has 1 fully saturated rings. The van der Waals surface area contributed by atoms with Gasteiger partial charge in [-0.1, -0.05) is 30.3 Å². The van der Waals surface area contributed by atoms with E-state index in [2.05, 4.69) is 10.2 Å². The number of benzene rings is 2. The molecule has 4 unspecified atom stereocenters. The van der Waals surface area contributed by atoms with Gasteiger partial charge in [0.25, 0.3) is 0 Å². The van der Waals surface area contributed by atoms with Crippen LogP contribution in [-0.4, -0.2) is 50.4 Å². The third-order valence-corrected chi connectivity index (χ3v) is 4.79. The van der Waals surface area contributed by atoms with E-state index < -0.39 is 24.4 Å². The van der Waals surface area contributed by atoms with E-state index in [4.69, 9.17) is 9.15 Å². The monoisotopic (exact) mass is 368 g/mol. The first kappa shape index (κ1) is 17.8. The summed E-state index contributed by atoms with van der Waals surface area (Å²) in [5.74, 6) is 0.457. The zero-order valence-electron chi connectivity index (χ0n) is 14.5. The van der Waals surface area contributed by atoms with Crippen molar-refractivity contribution in [1.29, 1.82) is 0 Å². The van der Waals surface area contributed by atoms with Crippen molar-refractivity contribution in [3.63, 3.8) is 0 Å². The van der Waals surface area contributed by atoms with Crippen molar-refractivity contribution in [2.75, 3.05) is 6.61 Å². The molecule has 2 heterocycles. The molecule has 1 saturated heterocycles. The zero-order valence-corrected chi connectivity index (χ0v) is 14.5. The van der Waals surface area contributed by atoms with E-state index in [0.29, 0.717) is 5.89 Å². The number of ether oxygens (including phenoxy) is 1. The fourth-order valence-corrected chi connectivity index (χ4v) is 3.35. The van der Waals surface area contributed by atoms with Crippen molar-refractivity contribution >= 4 is 0 Å². The molecule has 1 aromatic heterocycles. The lowest BCUT2D eigenvalue weighted by Crippen LogP contribution is -2.44. The van der Waals surface area contributed by atoms with Crippen molar-refractivity contribution in [2.45, 2.75) is 30.8 Å². The van der Waals surface area contributed by atoms with E-state index in [-0.39, 0.29) is 13.0 Å². The normalized spacial score (nSPS) is 25.4. The molecule has 3 N–H and O–H groups in total. The minimum atomic E-state index is -1.04. The highest BCUT2D eigenvalue weighted by Crippen LogP contribution is 2.34. The Morgan fingerprint density at radius 2 is 1.78 bits per heavy atom. The van der Waals surface area contributed by atoms with Crippen molar-refractivity contribution < 1.29 is 24.5 Å². The molecule has 140 valence electrons. The van der Waals surface area contributed by atoms with Gasteiger partial charge in [-0.15, -0.1) is 10.2 Å². The third kappa shape index (κ3) is 3.63. The number of aromatic nitrogens is 2. The Labute approximate surface area is 155 Å². The van der Waals surface area contributed by atoms with Crippen LogP contribution in [0.25, 0.3) is 22.6 Å². The minimum Gasteiger partial charge on any atom is -0.423 e. The molecule has 0 bridgehead atoms. The maximum Gasteiger partial charge on any atom is 0.247 e. The highest BCUT2D eigenvalue weighted by atomic mass is 16.5. The summed E-state index contributed by atoms with van der Waals surface area (Å²) in [6.07, 6.45) is -1.66. The van der Waals surface area contributed by atoms with Gasteiger partial charge in [0.1, 0.15) is 12.2 Å². The Balaban J connectivity index is 1.60. The first-order valence-electron chi connectivity index (χ1n) is 8.75. The smallest absolute Gasteiger partial charge is 0.247 e. The Morgan fingerprint density at radius 1 is 1.00 bits per heavy atom. The maximum absolute atomic E-state index is 10.3. The number of hydrogen-bond acceptors (Lipinski definition) is 7. The van der Waals surface area contributed by atoms with Crippen LogP contribution in [0.15, 0.2) is 59.3 Å². The van der Waals surface area contributed by atoms with Crippen LogP contribution in [-0.2, 0) is 4.74 Å². The molecule has 0 amide bonds. The van der Waals surface area contributed by atoms with E-state index >= 15 is 0 Å². The predicted molar refractivity (Wildman–Crippen MR) is 96.5 cm³/mol. The van der Waals surface area contributed by atoms with Gasteiger partial charge >= 0.3 is 0 Å². The summed E-state index contributed by atoms with van der Waals surface area (Å²) >= 11 is 0. The molecule has 1 aliphatic heterocycles. The number of nitrogens with zero attached hydrogens (tertiary/aromatic N) is 2. The van der Waals surface area contributed by atoms with Crippen molar-refractivity contribution in [3.8, 4) is 22.6 Å². The summed E-state index contributed by atoms with van der Waals surface area (Å²) in [4.78, 5) is 0. The largest absolute Gasteiger partial charge is 0.423 e. The molecular weight excluding hydrogens is 348 g/mol. The lowest BCUT2D eigenvalue weighted by atomic mass is 9.91. The Morgan fingerprint density at radius 3 is 2.48 bits per heavy atom. The number of aliphatic hydroxyl groups is 3. The molecule has 7 heteroatoms. The summed E-state index contributed by atoms with van der Waals surface area (Å²) < 4.78 is 11.0. The van der Waals surface area contributed by atoms with Crippen molar-refractivity contribution in [1.82, 2.24) is 10.2 Å². The van der Waals surface area contributed by atoms with Gasteiger partial charge < -0.3 is 24.5 Å². The molecule has 4 rings (SSSR count). The van der Waals surface area contributed by atoms with Gasteiger partial charge in [0.15, 0.2) is 0 Å². The number of hydrogen-bond donors (Lipinski definition) is 3. The first-order valence-corrected chi connectivity index (χ1v) is 8.75. The van der Waals surface area contributed by atoms with E-state index in [1.54, 1.807) is 0 Å². The van der Waals surface area contributed by atoms with Gasteiger partial charge in [0.2, 0.25) is 12.3 Å². The summed E-state index contributed by atoms with van der Waals surface area (Å²) in [6, 6.07) is 15.3. The van der Waals surface area contributed by atoms with Crippen LogP contribution in [0.5, 0.6) is 0 Å². The van der Waals surface area contributed by atoms with Gasteiger partial charge in [-0.2, -0.15) is 0 Å². The number of aliphatic hydroxyl groups excluding tert-OH is 3. The fourth-order valence-electron chi connectivity index (χ4n) is 3.35. The lowest BCUT2D eigenvalue weighted by molar-refractivity contribution is -0.179. The second kappa shape index (κ2) is 7.58. The molecule has 4 atom stereocenters. The van der Waals surface area contributed by atoms with E-state index in [0.717, 1.165) is 22.3 Å². The highest BCUT2D eigenvalue weighted by molar-refractivity contribution is 5.67. The van der Waals surface area contributed by atoms with E-state index in [9.17, 15) is 15.3 Å². The minimum absolute atomic E-state index is 0.197. The van der Waals surface area contributed by atoms with Crippen LogP contribution in [0.3, 0.4) is 0 Å². The summed E-state index contributed by atoms with van der Waals surface area (Å²) in [5.41, 5.74) is 3.50. The average Bonchev–Trinajstić information content (AvgIpc) is 3.25. The summed E-state index contributed by atoms with van der Waals surface area (Å²) in [6.45, 7) is -0.197. The SMILES string of the molecule is OCC1CC(O)C(O)C(c2cccc(-c3ccc(-c4nnco4)cc3)c2)O1. The maximum atomic E-state index is 10.3. The molecule has 0 spiro atoms. The predicted octanol–water partition coefficient (Wildman–Crippen LogP) is 1.95. The van der Waals surface area contributed by atoms with Gasteiger partial charge in [-0.3, -0.25) is 0 Å². The number of rotatable bonds is 4. The van der Waals surface area contributed by atoms with Crippen molar-refractivity contribution in [3.05, 3.63) is 60.5 Å². The van der Waals surface area contributed by atoms with Crippen LogP contribution in [0.4, 0.5) is 0 Å². The summed E-state index contributed by atoms with van der Waals surface area (Å²) in [5, 5.41) is 37.3. The molecule has 3 aromatic rings. The molecule has 1 aliphatic rings. The van der Waals surface area contributed by atoms with Gasteiger partial charge in [-0.05, 0) is 34.9 Å². The molecule has 2 aromatic carbocycles. The van der Waals surface area contributed by atoms with Gasteiger partial charge in [-0.25, -0.2) is 0 Å². The van der Waals surface area contributed by atoms with Gasteiger partial charge in [0.05, 0.1) is 18.8 Å². The fraction of sp³-hybridized carbons (Fsp3) is 0.300. The first-order chi connectivity index (χ1) is 13.2. The second-order valence-electron chi connectivity index (χ2n) is 6.60. The highest BCUT2D eigenvalue weighted by Gasteiger charge is 2.37. The lowest BCUT2D eigenvalue weighted by Gasteiger charge is -2.37. The topological polar surface area (TPSA) is 109 Å². The Kier molecular flexibility index (Phi) is 5.00. The van der Waals surface area contributed by atoms with Crippen LogP contribution < -0.4 is 0 Å². The average molecular weight is 368 g/mol. The summed E-state index contributed by atoms with van der Waals surface area (Å²) in [7, 11) is 0. The molecular formula is C20H20N2O5. The standard InChI is InChI=1S/C20H20N2O5/c23-10-16-9-17(24)18(25)19(27-16)15-3-1-2-14(8-15)12-4-6-13(7-5-12)20-22-21-11-26-20/h1-8,11,16-19,23-25H,9-10H2.